The van der Waals surface area contributed by atoms with Gasteiger partial charge >= 0.3 is 0 Å². The van der Waals surface area contributed by atoms with Gasteiger partial charge in [-0.25, -0.2) is 4.39 Å². The standard InChI is InChI=1S/C16H21FN2O2/c1-10(2)15-16(21)19(11(3)8-14(20)18-15)9-12-6-4-5-7-13(12)17/h4-7,10-11,15H,8-9H2,1-3H3,(H,18,20). The number of rotatable bonds is 3. The molecule has 1 fully saturated rings. The van der Waals surface area contributed by atoms with E-state index in [4.69, 9.17) is 0 Å². The van der Waals surface area contributed by atoms with Crippen LogP contribution >= 0.6 is 0 Å². The van der Waals surface area contributed by atoms with E-state index in [9.17, 15) is 14.0 Å². The average molecular weight is 292 g/mol. The predicted octanol–water partition coefficient (Wildman–Crippen LogP) is 2.09. The number of carbonyl (C=O) groups excluding carboxylic acids is 2. The fourth-order valence-corrected chi connectivity index (χ4v) is 2.56. The lowest BCUT2D eigenvalue weighted by atomic mass is 10.0. The Balaban J connectivity index is 2.28. The summed E-state index contributed by atoms with van der Waals surface area (Å²) in [5, 5.41) is 2.76. The van der Waals surface area contributed by atoms with Gasteiger partial charge in [-0.2, -0.15) is 0 Å². The van der Waals surface area contributed by atoms with E-state index in [1.54, 1.807) is 23.1 Å². The Morgan fingerprint density at radius 3 is 2.62 bits per heavy atom. The second-order valence-electron chi connectivity index (χ2n) is 5.90. The van der Waals surface area contributed by atoms with Crippen LogP contribution in [0.25, 0.3) is 0 Å². The SMILES string of the molecule is CC(C)C1NC(=O)CC(C)N(Cc2ccccc2F)C1=O. The van der Waals surface area contributed by atoms with E-state index in [1.807, 2.05) is 20.8 Å². The first-order valence-electron chi connectivity index (χ1n) is 7.23. The lowest BCUT2D eigenvalue weighted by Gasteiger charge is -2.30. The van der Waals surface area contributed by atoms with Crippen molar-refractivity contribution < 1.29 is 14.0 Å². The van der Waals surface area contributed by atoms with Crippen molar-refractivity contribution in [2.45, 2.75) is 45.8 Å². The Hall–Kier alpha value is -1.91. The maximum absolute atomic E-state index is 13.8. The normalized spacial score (nSPS) is 23.2. The molecule has 1 N–H and O–H groups in total. The van der Waals surface area contributed by atoms with Crippen molar-refractivity contribution >= 4 is 11.8 Å². The van der Waals surface area contributed by atoms with Gasteiger partial charge in [0.15, 0.2) is 0 Å². The number of nitrogens with one attached hydrogen (secondary N) is 1. The largest absolute Gasteiger partial charge is 0.344 e. The first-order chi connectivity index (χ1) is 9.90. The average Bonchev–Trinajstić information content (AvgIpc) is 2.52. The van der Waals surface area contributed by atoms with Crippen LogP contribution in [0.5, 0.6) is 0 Å². The molecule has 114 valence electrons. The number of benzene rings is 1. The van der Waals surface area contributed by atoms with E-state index in [1.165, 1.54) is 6.07 Å². The summed E-state index contributed by atoms with van der Waals surface area (Å²) in [6.07, 6.45) is 0.239. The quantitative estimate of drug-likeness (QED) is 0.927. The summed E-state index contributed by atoms with van der Waals surface area (Å²) in [4.78, 5) is 26.1. The van der Waals surface area contributed by atoms with Crippen LogP contribution in [0.15, 0.2) is 24.3 Å². The summed E-state index contributed by atoms with van der Waals surface area (Å²) in [6, 6.07) is 5.62. The number of hydrogen-bond donors (Lipinski definition) is 1. The minimum absolute atomic E-state index is 0.00475. The molecule has 4 nitrogen and oxygen atoms in total. The molecular weight excluding hydrogens is 271 g/mol. The molecule has 2 rings (SSSR count). The zero-order chi connectivity index (χ0) is 15.6. The Labute approximate surface area is 124 Å². The Morgan fingerprint density at radius 1 is 1.33 bits per heavy atom. The fourth-order valence-electron chi connectivity index (χ4n) is 2.56. The van der Waals surface area contributed by atoms with Crippen LogP contribution in [-0.4, -0.2) is 28.8 Å². The molecule has 1 aromatic rings. The molecule has 21 heavy (non-hydrogen) atoms. The van der Waals surface area contributed by atoms with Crippen molar-refractivity contribution in [1.29, 1.82) is 0 Å². The van der Waals surface area contributed by atoms with Gasteiger partial charge in [0.2, 0.25) is 11.8 Å². The molecule has 2 unspecified atom stereocenters. The molecule has 1 aromatic carbocycles. The van der Waals surface area contributed by atoms with E-state index in [0.717, 1.165) is 0 Å². The maximum Gasteiger partial charge on any atom is 0.245 e. The van der Waals surface area contributed by atoms with Crippen molar-refractivity contribution in [3.63, 3.8) is 0 Å². The summed E-state index contributed by atoms with van der Waals surface area (Å²) < 4.78 is 13.8. The molecule has 1 aliphatic heterocycles. The number of nitrogens with zero attached hydrogens (tertiary/aromatic N) is 1. The maximum atomic E-state index is 13.8. The second kappa shape index (κ2) is 6.24. The lowest BCUT2D eigenvalue weighted by Crippen LogP contribution is -2.48. The van der Waals surface area contributed by atoms with Crippen LogP contribution in [0.1, 0.15) is 32.8 Å². The molecule has 0 spiro atoms. The van der Waals surface area contributed by atoms with Gasteiger partial charge in [0.05, 0.1) is 0 Å². The zero-order valence-electron chi connectivity index (χ0n) is 12.6. The monoisotopic (exact) mass is 292 g/mol. The van der Waals surface area contributed by atoms with Gasteiger partial charge < -0.3 is 10.2 Å². The number of carbonyl (C=O) groups is 2. The first-order valence-corrected chi connectivity index (χ1v) is 7.23. The van der Waals surface area contributed by atoms with Crippen molar-refractivity contribution in [2.75, 3.05) is 0 Å². The van der Waals surface area contributed by atoms with Gasteiger partial charge in [-0.15, -0.1) is 0 Å². The van der Waals surface area contributed by atoms with Crippen molar-refractivity contribution in [3.05, 3.63) is 35.6 Å². The van der Waals surface area contributed by atoms with Gasteiger partial charge in [-0.1, -0.05) is 32.0 Å². The first kappa shape index (κ1) is 15.5. The third-order valence-corrected chi connectivity index (χ3v) is 3.84. The van der Waals surface area contributed by atoms with Gasteiger partial charge in [0.25, 0.3) is 0 Å². The highest BCUT2D eigenvalue weighted by atomic mass is 19.1. The molecule has 1 heterocycles. The predicted molar refractivity (Wildman–Crippen MR) is 77.8 cm³/mol. The minimum Gasteiger partial charge on any atom is -0.344 e. The number of hydrogen-bond acceptors (Lipinski definition) is 2. The van der Waals surface area contributed by atoms with Gasteiger partial charge in [-0.05, 0) is 18.9 Å². The Kier molecular flexibility index (Phi) is 4.60. The Bertz CT molecular complexity index is 545. The topological polar surface area (TPSA) is 49.4 Å². The van der Waals surface area contributed by atoms with E-state index in [-0.39, 0.29) is 42.6 Å². The minimum atomic E-state index is -0.547. The fraction of sp³-hybridized carbons (Fsp3) is 0.500. The van der Waals surface area contributed by atoms with Crippen molar-refractivity contribution in [1.82, 2.24) is 10.2 Å². The van der Waals surface area contributed by atoms with E-state index >= 15 is 0 Å². The van der Waals surface area contributed by atoms with E-state index in [0.29, 0.717) is 5.56 Å². The summed E-state index contributed by atoms with van der Waals surface area (Å²) in [6.45, 7) is 5.78. The second-order valence-corrected chi connectivity index (χ2v) is 5.90. The van der Waals surface area contributed by atoms with Crippen LogP contribution < -0.4 is 5.32 Å². The summed E-state index contributed by atoms with van der Waals surface area (Å²) in [5.41, 5.74) is 0.467. The van der Waals surface area contributed by atoms with Crippen LogP contribution in [0.2, 0.25) is 0 Å². The molecule has 0 aromatic heterocycles. The molecule has 2 atom stereocenters. The third-order valence-electron chi connectivity index (χ3n) is 3.84. The van der Waals surface area contributed by atoms with Crippen molar-refractivity contribution in [2.24, 2.45) is 5.92 Å². The van der Waals surface area contributed by atoms with Crippen LogP contribution in [0.4, 0.5) is 4.39 Å². The number of amides is 2. The van der Waals surface area contributed by atoms with E-state index in [2.05, 4.69) is 5.32 Å². The smallest absolute Gasteiger partial charge is 0.245 e. The van der Waals surface area contributed by atoms with Crippen LogP contribution in [0.3, 0.4) is 0 Å². The van der Waals surface area contributed by atoms with Crippen molar-refractivity contribution in [3.8, 4) is 0 Å². The van der Waals surface area contributed by atoms with Gasteiger partial charge in [0.1, 0.15) is 11.9 Å². The summed E-state index contributed by atoms with van der Waals surface area (Å²) in [7, 11) is 0. The van der Waals surface area contributed by atoms with E-state index < -0.39 is 6.04 Å². The number of halogens is 1. The van der Waals surface area contributed by atoms with Crippen LogP contribution in [0, 0.1) is 11.7 Å². The highest BCUT2D eigenvalue weighted by molar-refractivity contribution is 5.90. The molecule has 0 aliphatic carbocycles. The molecule has 0 bridgehead atoms. The third kappa shape index (κ3) is 3.40. The lowest BCUT2D eigenvalue weighted by molar-refractivity contribution is -0.136. The molecular formula is C16H21FN2O2. The zero-order valence-corrected chi connectivity index (χ0v) is 12.6. The molecule has 2 amide bonds. The Morgan fingerprint density at radius 2 is 2.00 bits per heavy atom. The highest BCUT2D eigenvalue weighted by Gasteiger charge is 2.35. The molecule has 5 heteroatoms. The highest BCUT2D eigenvalue weighted by Crippen LogP contribution is 2.19. The molecule has 1 aliphatic rings. The van der Waals surface area contributed by atoms with Gasteiger partial charge in [-0.3, -0.25) is 9.59 Å². The molecule has 0 radical (unpaired) electrons. The van der Waals surface area contributed by atoms with Gasteiger partial charge in [0, 0.05) is 24.6 Å². The molecule has 0 saturated carbocycles. The summed E-state index contributed by atoms with van der Waals surface area (Å²) in [5.74, 6) is -0.616. The van der Waals surface area contributed by atoms with Crippen LogP contribution in [-0.2, 0) is 16.1 Å². The molecule has 1 saturated heterocycles. The summed E-state index contributed by atoms with van der Waals surface area (Å²) >= 11 is 0.